The maximum Gasteiger partial charge on any atom is 0.138 e. The smallest absolute Gasteiger partial charge is 0.138 e. The largest absolute Gasteiger partial charge is 0.489 e. The Labute approximate surface area is 128 Å². The van der Waals surface area contributed by atoms with E-state index in [-0.39, 0.29) is 6.10 Å². The SMILES string of the molecule is CCCCCCCCNc1ccc(OC(C)C)c(Cl)c1. The van der Waals surface area contributed by atoms with Gasteiger partial charge in [-0.2, -0.15) is 0 Å². The number of hydrogen-bond donors (Lipinski definition) is 1. The van der Waals surface area contributed by atoms with Crippen LogP contribution in [0, 0.1) is 0 Å². The summed E-state index contributed by atoms with van der Waals surface area (Å²) >= 11 is 6.21. The van der Waals surface area contributed by atoms with Crippen LogP contribution in [0.1, 0.15) is 59.3 Å². The number of benzene rings is 1. The standard InChI is InChI=1S/C17H28ClNO/c1-4-5-6-7-8-9-12-19-15-10-11-17(16(18)13-15)20-14(2)3/h10-11,13-14,19H,4-9,12H2,1-3H3. The lowest BCUT2D eigenvalue weighted by atomic mass is 10.1. The zero-order valence-electron chi connectivity index (χ0n) is 13.0. The molecule has 0 saturated carbocycles. The molecule has 0 atom stereocenters. The van der Waals surface area contributed by atoms with E-state index >= 15 is 0 Å². The molecule has 0 radical (unpaired) electrons. The molecule has 0 fully saturated rings. The molecule has 114 valence electrons. The molecule has 20 heavy (non-hydrogen) atoms. The lowest BCUT2D eigenvalue weighted by Gasteiger charge is -2.13. The zero-order chi connectivity index (χ0) is 14.8. The van der Waals surface area contributed by atoms with Crippen molar-refractivity contribution >= 4 is 17.3 Å². The monoisotopic (exact) mass is 297 g/mol. The van der Waals surface area contributed by atoms with Gasteiger partial charge in [0, 0.05) is 12.2 Å². The molecule has 1 aromatic rings. The van der Waals surface area contributed by atoms with E-state index in [2.05, 4.69) is 12.2 Å². The predicted octanol–water partition coefficient (Wildman–Crippen LogP) is 5.90. The highest BCUT2D eigenvalue weighted by molar-refractivity contribution is 6.32. The summed E-state index contributed by atoms with van der Waals surface area (Å²) in [5.74, 6) is 0.756. The van der Waals surface area contributed by atoms with Crippen LogP contribution >= 0.6 is 11.6 Å². The van der Waals surface area contributed by atoms with Crippen LogP contribution < -0.4 is 10.1 Å². The second-order valence-corrected chi connectivity index (χ2v) is 5.91. The molecule has 0 saturated heterocycles. The number of rotatable bonds is 10. The van der Waals surface area contributed by atoms with E-state index in [1.807, 2.05) is 32.0 Å². The van der Waals surface area contributed by atoms with Gasteiger partial charge in [0.05, 0.1) is 11.1 Å². The topological polar surface area (TPSA) is 21.3 Å². The van der Waals surface area contributed by atoms with Crippen molar-refractivity contribution in [2.24, 2.45) is 0 Å². The highest BCUT2D eigenvalue weighted by Crippen LogP contribution is 2.28. The van der Waals surface area contributed by atoms with Gasteiger partial charge in [-0.1, -0.05) is 50.6 Å². The zero-order valence-corrected chi connectivity index (χ0v) is 13.8. The first kappa shape index (κ1) is 17.2. The first-order chi connectivity index (χ1) is 9.63. The summed E-state index contributed by atoms with van der Waals surface area (Å²) in [6.45, 7) is 7.26. The Morgan fingerprint density at radius 1 is 1.10 bits per heavy atom. The van der Waals surface area contributed by atoms with Crippen molar-refractivity contribution in [1.82, 2.24) is 0 Å². The average Bonchev–Trinajstić information content (AvgIpc) is 2.40. The minimum Gasteiger partial charge on any atom is -0.489 e. The lowest BCUT2D eigenvalue weighted by Crippen LogP contribution is -2.06. The van der Waals surface area contributed by atoms with Crippen molar-refractivity contribution < 1.29 is 4.74 Å². The average molecular weight is 298 g/mol. The molecule has 0 aliphatic heterocycles. The van der Waals surface area contributed by atoms with E-state index < -0.39 is 0 Å². The van der Waals surface area contributed by atoms with E-state index in [0.717, 1.165) is 18.0 Å². The summed E-state index contributed by atoms with van der Waals surface area (Å²) in [7, 11) is 0. The number of anilines is 1. The Morgan fingerprint density at radius 2 is 1.80 bits per heavy atom. The van der Waals surface area contributed by atoms with Crippen molar-refractivity contribution in [3.05, 3.63) is 23.2 Å². The van der Waals surface area contributed by atoms with Gasteiger partial charge in [0.2, 0.25) is 0 Å². The van der Waals surface area contributed by atoms with E-state index in [1.54, 1.807) is 0 Å². The fourth-order valence-corrected chi connectivity index (χ4v) is 2.32. The third kappa shape index (κ3) is 7.04. The molecule has 0 aliphatic carbocycles. The summed E-state index contributed by atoms with van der Waals surface area (Å²) in [4.78, 5) is 0. The van der Waals surface area contributed by atoms with E-state index in [1.165, 1.54) is 38.5 Å². The summed E-state index contributed by atoms with van der Waals surface area (Å²) in [6.07, 6.45) is 8.04. The summed E-state index contributed by atoms with van der Waals surface area (Å²) in [6, 6.07) is 5.91. The van der Waals surface area contributed by atoms with Crippen LogP contribution in [-0.2, 0) is 0 Å². The maximum atomic E-state index is 6.21. The van der Waals surface area contributed by atoms with Gasteiger partial charge in [-0.05, 0) is 38.5 Å². The van der Waals surface area contributed by atoms with Crippen molar-refractivity contribution in [3.63, 3.8) is 0 Å². The van der Waals surface area contributed by atoms with Crippen LogP contribution in [0.15, 0.2) is 18.2 Å². The van der Waals surface area contributed by atoms with Crippen LogP contribution in [0.25, 0.3) is 0 Å². The van der Waals surface area contributed by atoms with Crippen molar-refractivity contribution in [2.75, 3.05) is 11.9 Å². The molecule has 1 N–H and O–H groups in total. The van der Waals surface area contributed by atoms with E-state index in [4.69, 9.17) is 16.3 Å². The highest BCUT2D eigenvalue weighted by Gasteiger charge is 2.04. The van der Waals surface area contributed by atoms with E-state index in [9.17, 15) is 0 Å². The van der Waals surface area contributed by atoms with Crippen molar-refractivity contribution in [3.8, 4) is 5.75 Å². The van der Waals surface area contributed by atoms with Crippen LogP contribution in [0.4, 0.5) is 5.69 Å². The van der Waals surface area contributed by atoms with Gasteiger partial charge in [-0.25, -0.2) is 0 Å². The number of ether oxygens (including phenoxy) is 1. The molecule has 1 rings (SSSR count). The second kappa shape index (κ2) is 9.93. The minimum absolute atomic E-state index is 0.148. The summed E-state index contributed by atoms with van der Waals surface area (Å²) in [5, 5.41) is 4.09. The first-order valence-corrected chi connectivity index (χ1v) is 8.21. The summed E-state index contributed by atoms with van der Waals surface area (Å²) in [5.41, 5.74) is 1.07. The van der Waals surface area contributed by atoms with Gasteiger partial charge in [-0.15, -0.1) is 0 Å². The quantitative estimate of drug-likeness (QED) is 0.543. The van der Waals surface area contributed by atoms with E-state index in [0.29, 0.717) is 5.02 Å². The molecule has 0 heterocycles. The van der Waals surface area contributed by atoms with Gasteiger partial charge in [0.15, 0.2) is 0 Å². The Kier molecular flexibility index (Phi) is 8.52. The van der Waals surface area contributed by atoms with Crippen LogP contribution in [0.5, 0.6) is 5.75 Å². The van der Waals surface area contributed by atoms with Crippen LogP contribution in [0.3, 0.4) is 0 Å². The lowest BCUT2D eigenvalue weighted by molar-refractivity contribution is 0.242. The first-order valence-electron chi connectivity index (χ1n) is 7.83. The number of hydrogen-bond acceptors (Lipinski definition) is 2. The number of nitrogens with one attached hydrogen (secondary N) is 1. The predicted molar refractivity (Wildman–Crippen MR) is 89.1 cm³/mol. The summed E-state index contributed by atoms with van der Waals surface area (Å²) < 4.78 is 5.62. The van der Waals surface area contributed by atoms with Crippen molar-refractivity contribution in [2.45, 2.75) is 65.4 Å². The van der Waals surface area contributed by atoms with Crippen LogP contribution in [-0.4, -0.2) is 12.6 Å². The molecule has 0 bridgehead atoms. The minimum atomic E-state index is 0.148. The Bertz CT molecular complexity index is 379. The molecule has 3 heteroatoms. The highest BCUT2D eigenvalue weighted by atomic mass is 35.5. The van der Waals surface area contributed by atoms with Gasteiger partial charge < -0.3 is 10.1 Å². The second-order valence-electron chi connectivity index (χ2n) is 5.51. The molecule has 1 aromatic carbocycles. The normalized spacial score (nSPS) is 10.8. The van der Waals surface area contributed by atoms with Gasteiger partial charge in [0.1, 0.15) is 5.75 Å². The van der Waals surface area contributed by atoms with Crippen LogP contribution in [0.2, 0.25) is 5.02 Å². The molecule has 0 aliphatic rings. The Balaban J connectivity index is 2.25. The molecular weight excluding hydrogens is 270 g/mol. The third-order valence-corrected chi connectivity index (χ3v) is 3.45. The molecule has 0 spiro atoms. The Hall–Kier alpha value is -0.890. The maximum absolute atomic E-state index is 6.21. The van der Waals surface area contributed by atoms with Gasteiger partial charge in [-0.3, -0.25) is 0 Å². The van der Waals surface area contributed by atoms with Crippen molar-refractivity contribution in [1.29, 1.82) is 0 Å². The number of unbranched alkanes of at least 4 members (excludes halogenated alkanes) is 5. The van der Waals surface area contributed by atoms with Gasteiger partial charge >= 0.3 is 0 Å². The third-order valence-electron chi connectivity index (χ3n) is 3.15. The Morgan fingerprint density at radius 3 is 2.45 bits per heavy atom. The molecule has 0 aromatic heterocycles. The fraction of sp³-hybridized carbons (Fsp3) is 0.647. The molecule has 0 amide bonds. The molecular formula is C17H28ClNO. The molecule has 2 nitrogen and oxygen atoms in total. The van der Waals surface area contributed by atoms with Gasteiger partial charge in [0.25, 0.3) is 0 Å². The fourth-order valence-electron chi connectivity index (χ4n) is 2.10. The molecule has 0 unspecified atom stereocenters. The number of halogens is 1.